The number of imide groups is 1. The third-order valence-corrected chi connectivity index (χ3v) is 5.69. The first-order valence-electron chi connectivity index (χ1n) is 11.2. The maximum absolute atomic E-state index is 12.9. The summed E-state index contributed by atoms with van der Waals surface area (Å²) in [5.41, 5.74) is 1.47. The summed E-state index contributed by atoms with van der Waals surface area (Å²) in [5.74, 6) is 0.828. The zero-order chi connectivity index (χ0) is 24.2. The van der Waals surface area contributed by atoms with E-state index < -0.39 is 18.0 Å². The van der Waals surface area contributed by atoms with Crippen molar-refractivity contribution in [3.63, 3.8) is 0 Å². The van der Waals surface area contributed by atoms with Gasteiger partial charge in [-0.15, -0.1) is 10.2 Å². The second kappa shape index (κ2) is 9.90. The number of ether oxygens (including phenoxy) is 1. The van der Waals surface area contributed by atoms with Gasteiger partial charge in [0.1, 0.15) is 11.8 Å². The lowest BCUT2D eigenvalue weighted by Crippen LogP contribution is -2.38. The summed E-state index contributed by atoms with van der Waals surface area (Å²) in [7, 11) is 1.57. The summed E-state index contributed by atoms with van der Waals surface area (Å²) in [5, 5.41) is 14.1. The number of aromatic nitrogens is 3. The van der Waals surface area contributed by atoms with Gasteiger partial charge < -0.3 is 15.4 Å². The molecule has 0 spiro atoms. The van der Waals surface area contributed by atoms with Crippen molar-refractivity contribution >= 4 is 23.5 Å². The highest BCUT2D eigenvalue weighted by atomic mass is 16.5. The SMILES string of the molecule is COc1ccc(CN2C(=O)NC(CC(=O)NC(CC(C)C)c3nnc4ccccn34)C2=O)cc1. The Bertz CT molecular complexity index is 1190. The first-order chi connectivity index (χ1) is 16.4. The lowest BCUT2D eigenvalue weighted by Gasteiger charge is -2.20. The van der Waals surface area contributed by atoms with E-state index in [-0.39, 0.29) is 30.8 Å². The highest BCUT2D eigenvalue weighted by Crippen LogP contribution is 2.22. The van der Waals surface area contributed by atoms with Crippen LogP contribution in [0.3, 0.4) is 0 Å². The first kappa shape index (κ1) is 23.2. The van der Waals surface area contributed by atoms with Gasteiger partial charge in [-0.05, 0) is 42.2 Å². The molecule has 0 aliphatic carbocycles. The fourth-order valence-corrected chi connectivity index (χ4v) is 4.01. The number of hydrogen-bond acceptors (Lipinski definition) is 6. The molecule has 1 fully saturated rings. The predicted octanol–water partition coefficient (Wildman–Crippen LogP) is 2.45. The molecular formula is C24H28N6O4. The van der Waals surface area contributed by atoms with Gasteiger partial charge in [-0.3, -0.25) is 18.9 Å². The summed E-state index contributed by atoms with van der Waals surface area (Å²) in [4.78, 5) is 39.3. The van der Waals surface area contributed by atoms with Gasteiger partial charge in [0.25, 0.3) is 5.91 Å². The van der Waals surface area contributed by atoms with Gasteiger partial charge in [0.05, 0.1) is 26.1 Å². The molecule has 3 heterocycles. The number of carbonyl (C=O) groups is 3. The van der Waals surface area contributed by atoms with Gasteiger partial charge in [0, 0.05) is 6.20 Å². The van der Waals surface area contributed by atoms with Crippen LogP contribution < -0.4 is 15.4 Å². The third-order valence-electron chi connectivity index (χ3n) is 5.69. The fourth-order valence-electron chi connectivity index (χ4n) is 4.01. The molecule has 1 aliphatic heterocycles. The van der Waals surface area contributed by atoms with Gasteiger partial charge in [0.15, 0.2) is 11.5 Å². The fraction of sp³-hybridized carbons (Fsp3) is 0.375. The van der Waals surface area contributed by atoms with Crippen LogP contribution in [0.1, 0.15) is 44.1 Å². The molecule has 1 saturated heterocycles. The van der Waals surface area contributed by atoms with Crippen molar-refractivity contribution in [2.24, 2.45) is 5.92 Å². The van der Waals surface area contributed by atoms with Crippen LogP contribution in [0.25, 0.3) is 5.65 Å². The third kappa shape index (κ3) is 5.00. The van der Waals surface area contributed by atoms with E-state index >= 15 is 0 Å². The number of rotatable bonds is 9. The molecule has 4 rings (SSSR count). The molecular weight excluding hydrogens is 436 g/mol. The standard InChI is InChI=1S/C24H28N6O4/c1-15(2)12-18(22-28-27-20-6-4-5-11-29(20)22)25-21(31)13-19-23(32)30(24(33)26-19)14-16-7-9-17(34-3)10-8-16/h4-11,15,18-19H,12-14H2,1-3H3,(H,25,31)(H,26,33). The average molecular weight is 465 g/mol. The summed E-state index contributed by atoms with van der Waals surface area (Å²) in [6.07, 6.45) is 2.34. The van der Waals surface area contributed by atoms with Crippen molar-refractivity contribution < 1.29 is 19.1 Å². The molecule has 1 aromatic carbocycles. The van der Waals surface area contributed by atoms with Crippen molar-refractivity contribution in [3.8, 4) is 5.75 Å². The molecule has 4 amide bonds. The van der Waals surface area contributed by atoms with Crippen LogP contribution >= 0.6 is 0 Å². The Morgan fingerprint density at radius 1 is 1.15 bits per heavy atom. The number of methoxy groups -OCH3 is 1. The van der Waals surface area contributed by atoms with Crippen molar-refractivity contribution in [1.82, 2.24) is 30.1 Å². The van der Waals surface area contributed by atoms with Crippen molar-refractivity contribution in [2.75, 3.05) is 7.11 Å². The minimum Gasteiger partial charge on any atom is -0.497 e. The number of nitrogens with one attached hydrogen (secondary N) is 2. The monoisotopic (exact) mass is 464 g/mol. The van der Waals surface area contributed by atoms with Gasteiger partial charge in [-0.2, -0.15) is 0 Å². The zero-order valence-corrected chi connectivity index (χ0v) is 19.4. The highest BCUT2D eigenvalue weighted by Gasteiger charge is 2.39. The van der Waals surface area contributed by atoms with Crippen LogP contribution in [0.5, 0.6) is 5.75 Å². The second-order valence-corrected chi connectivity index (χ2v) is 8.72. The molecule has 10 nitrogen and oxygen atoms in total. The maximum Gasteiger partial charge on any atom is 0.325 e. The molecule has 2 atom stereocenters. The smallest absolute Gasteiger partial charge is 0.325 e. The number of urea groups is 1. The van der Waals surface area contributed by atoms with Crippen LogP contribution in [0.2, 0.25) is 0 Å². The first-order valence-corrected chi connectivity index (χ1v) is 11.2. The van der Waals surface area contributed by atoms with Crippen LogP contribution in [0.4, 0.5) is 4.79 Å². The number of pyridine rings is 1. The number of carbonyl (C=O) groups excluding carboxylic acids is 3. The van der Waals surface area contributed by atoms with E-state index in [2.05, 4.69) is 34.7 Å². The molecule has 10 heteroatoms. The summed E-state index contributed by atoms with van der Waals surface area (Å²) < 4.78 is 6.97. The molecule has 2 aromatic heterocycles. The van der Waals surface area contributed by atoms with Crippen molar-refractivity contribution in [3.05, 3.63) is 60.0 Å². The van der Waals surface area contributed by atoms with Gasteiger partial charge >= 0.3 is 6.03 Å². The molecule has 2 N–H and O–H groups in total. The quantitative estimate of drug-likeness (QED) is 0.470. The Kier molecular flexibility index (Phi) is 6.76. The minimum atomic E-state index is -0.916. The molecule has 178 valence electrons. The van der Waals surface area contributed by atoms with E-state index in [9.17, 15) is 14.4 Å². The lowest BCUT2D eigenvalue weighted by atomic mass is 10.0. The Balaban J connectivity index is 1.42. The molecule has 2 unspecified atom stereocenters. The number of benzene rings is 1. The highest BCUT2D eigenvalue weighted by molar-refractivity contribution is 6.05. The topological polar surface area (TPSA) is 118 Å². The summed E-state index contributed by atoms with van der Waals surface area (Å²) in [6, 6.07) is 10.9. The number of fused-ring (bicyclic) bond motifs is 1. The molecule has 34 heavy (non-hydrogen) atoms. The summed E-state index contributed by atoms with van der Waals surface area (Å²) >= 11 is 0. The van der Waals surface area contributed by atoms with Crippen LogP contribution in [-0.2, 0) is 16.1 Å². The van der Waals surface area contributed by atoms with E-state index in [1.807, 2.05) is 28.8 Å². The van der Waals surface area contributed by atoms with Crippen LogP contribution in [0, 0.1) is 5.92 Å². The van der Waals surface area contributed by atoms with E-state index in [1.54, 1.807) is 31.4 Å². The van der Waals surface area contributed by atoms with E-state index in [0.717, 1.165) is 10.5 Å². The average Bonchev–Trinajstić information content (AvgIpc) is 3.35. The second-order valence-electron chi connectivity index (χ2n) is 8.72. The predicted molar refractivity (Wildman–Crippen MR) is 124 cm³/mol. The Morgan fingerprint density at radius 2 is 1.91 bits per heavy atom. The van der Waals surface area contributed by atoms with E-state index in [0.29, 0.717) is 23.6 Å². The summed E-state index contributed by atoms with van der Waals surface area (Å²) in [6.45, 7) is 4.23. The molecule has 0 saturated carbocycles. The minimum absolute atomic E-state index is 0.120. The van der Waals surface area contributed by atoms with Crippen molar-refractivity contribution in [1.29, 1.82) is 0 Å². The zero-order valence-electron chi connectivity index (χ0n) is 19.4. The molecule has 3 aromatic rings. The van der Waals surface area contributed by atoms with Gasteiger partial charge in [0.2, 0.25) is 5.91 Å². The number of nitrogens with zero attached hydrogens (tertiary/aromatic N) is 4. The normalized spacial score (nSPS) is 16.7. The van der Waals surface area contributed by atoms with E-state index in [4.69, 9.17) is 4.74 Å². The number of hydrogen-bond donors (Lipinski definition) is 2. The van der Waals surface area contributed by atoms with Crippen LogP contribution in [-0.4, -0.2) is 50.5 Å². The lowest BCUT2D eigenvalue weighted by molar-refractivity contribution is -0.131. The molecule has 1 aliphatic rings. The van der Waals surface area contributed by atoms with Crippen molar-refractivity contribution in [2.45, 2.75) is 45.3 Å². The van der Waals surface area contributed by atoms with Gasteiger partial charge in [-0.25, -0.2) is 4.79 Å². The largest absolute Gasteiger partial charge is 0.497 e. The van der Waals surface area contributed by atoms with Crippen LogP contribution in [0.15, 0.2) is 48.7 Å². The van der Waals surface area contributed by atoms with E-state index in [1.165, 1.54) is 0 Å². The van der Waals surface area contributed by atoms with Gasteiger partial charge in [-0.1, -0.05) is 32.0 Å². The molecule has 0 radical (unpaired) electrons. The molecule has 0 bridgehead atoms. The Morgan fingerprint density at radius 3 is 2.62 bits per heavy atom. The Labute approximate surface area is 197 Å². The Hall–Kier alpha value is -3.95. The maximum atomic E-state index is 12.9. The number of amides is 4.